The lowest BCUT2D eigenvalue weighted by Crippen LogP contribution is -2.49. The Hall–Kier alpha value is -0.970. The first-order chi connectivity index (χ1) is 7.81. The Morgan fingerprint density at radius 1 is 1.28 bits per heavy atom. The molecule has 6 heteroatoms. The van der Waals surface area contributed by atoms with Crippen LogP contribution in [0, 0.1) is 0 Å². The van der Waals surface area contributed by atoms with Crippen molar-refractivity contribution < 1.29 is 4.84 Å². The highest BCUT2D eigenvalue weighted by molar-refractivity contribution is 5.91. The summed E-state index contributed by atoms with van der Waals surface area (Å²) in [5, 5.41) is 3.96. The van der Waals surface area contributed by atoms with Crippen molar-refractivity contribution in [1.29, 1.82) is 0 Å². The Balaban J connectivity index is 0.00000144. The van der Waals surface area contributed by atoms with E-state index in [4.69, 9.17) is 10.6 Å². The molecule has 1 saturated heterocycles. The quantitative estimate of drug-likeness (QED) is 0.849. The standard InChI is InChI=1S/C12H17N3O.2ClH/c1-16-14-12-7-8-15(9-11(12)13)10-5-3-2-4-6-10;;/h2-6,11H,7-9,13H2,1H3;2*1H. The van der Waals surface area contributed by atoms with Crippen molar-refractivity contribution in [1.82, 2.24) is 0 Å². The number of hydrogen-bond donors (Lipinski definition) is 1. The second-order valence-electron chi connectivity index (χ2n) is 3.90. The predicted octanol–water partition coefficient (Wildman–Crippen LogP) is 2.07. The molecule has 2 N–H and O–H groups in total. The van der Waals surface area contributed by atoms with Crippen LogP contribution >= 0.6 is 24.8 Å². The molecule has 1 heterocycles. The van der Waals surface area contributed by atoms with E-state index in [9.17, 15) is 0 Å². The van der Waals surface area contributed by atoms with Gasteiger partial charge < -0.3 is 15.5 Å². The van der Waals surface area contributed by atoms with Crippen molar-refractivity contribution in [3.05, 3.63) is 30.3 Å². The predicted molar refractivity (Wildman–Crippen MR) is 80.2 cm³/mol. The van der Waals surface area contributed by atoms with Gasteiger partial charge in [-0.3, -0.25) is 0 Å². The third-order valence-electron chi connectivity index (χ3n) is 2.81. The minimum atomic E-state index is -0.0334. The van der Waals surface area contributed by atoms with Crippen molar-refractivity contribution in [2.45, 2.75) is 12.5 Å². The van der Waals surface area contributed by atoms with Gasteiger partial charge in [0.2, 0.25) is 0 Å². The summed E-state index contributed by atoms with van der Waals surface area (Å²) in [6.07, 6.45) is 0.865. The molecular formula is C12H19Cl2N3O. The van der Waals surface area contributed by atoms with Gasteiger partial charge in [-0.15, -0.1) is 24.8 Å². The van der Waals surface area contributed by atoms with Gasteiger partial charge in [0, 0.05) is 25.2 Å². The molecule has 1 aromatic rings. The molecule has 1 aliphatic heterocycles. The molecular weight excluding hydrogens is 273 g/mol. The van der Waals surface area contributed by atoms with E-state index in [1.54, 1.807) is 7.11 Å². The Morgan fingerprint density at radius 2 is 1.94 bits per heavy atom. The van der Waals surface area contributed by atoms with Crippen LogP contribution < -0.4 is 10.6 Å². The topological polar surface area (TPSA) is 50.8 Å². The van der Waals surface area contributed by atoms with Crippen molar-refractivity contribution in [3.63, 3.8) is 0 Å². The van der Waals surface area contributed by atoms with Crippen molar-refractivity contribution in [2.75, 3.05) is 25.1 Å². The third kappa shape index (κ3) is 4.05. The van der Waals surface area contributed by atoms with Crippen LogP contribution in [0.3, 0.4) is 0 Å². The first-order valence-corrected chi connectivity index (χ1v) is 5.46. The monoisotopic (exact) mass is 291 g/mol. The van der Waals surface area contributed by atoms with Gasteiger partial charge in [-0.25, -0.2) is 0 Å². The molecule has 1 unspecified atom stereocenters. The number of halogens is 2. The van der Waals surface area contributed by atoms with Crippen LogP contribution in [0.1, 0.15) is 6.42 Å². The molecule has 1 atom stereocenters. The molecule has 0 amide bonds. The minimum absolute atomic E-state index is 0. The number of para-hydroxylation sites is 1. The Labute approximate surface area is 120 Å². The number of benzene rings is 1. The van der Waals surface area contributed by atoms with E-state index in [0.29, 0.717) is 0 Å². The molecule has 0 spiro atoms. The number of rotatable bonds is 2. The van der Waals surface area contributed by atoms with Gasteiger partial charge in [-0.1, -0.05) is 23.4 Å². The van der Waals surface area contributed by atoms with Crippen molar-refractivity contribution >= 4 is 36.2 Å². The maximum Gasteiger partial charge on any atom is 0.106 e. The summed E-state index contributed by atoms with van der Waals surface area (Å²) in [7, 11) is 1.56. The van der Waals surface area contributed by atoms with Crippen LogP contribution in [0.5, 0.6) is 0 Å². The molecule has 4 nitrogen and oxygen atoms in total. The van der Waals surface area contributed by atoms with Crippen molar-refractivity contribution in [3.8, 4) is 0 Å². The second kappa shape index (κ2) is 8.19. The lowest BCUT2D eigenvalue weighted by molar-refractivity contribution is 0.210. The van der Waals surface area contributed by atoms with E-state index in [-0.39, 0.29) is 30.9 Å². The molecule has 1 fully saturated rings. The van der Waals surface area contributed by atoms with Gasteiger partial charge in [0.15, 0.2) is 0 Å². The van der Waals surface area contributed by atoms with Crippen LogP contribution in [0.15, 0.2) is 35.5 Å². The molecule has 102 valence electrons. The Kier molecular flexibility index (Phi) is 7.75. The highest BCUT2D eigenvalue weighted by Crippen LogP contribution is 2.17. The van der Waals surface area contributed by atoms with Gasteiger partial charge >= 0.3 is 0 Å². The highest BCUT2D eigenvalue weighted by Gasteiger charge is 2.23. The number of piperidine rings is 1. The summed E-state index contributed by atoms with van der Waals surface area (Å²) in [6.45, 7) is 1.74. The fourth-order valence-corrected chi connectivity index (χ4v) is 1.97. The van der Waals surface area contributed by atoms with Crippen LogP contribution in [0.25, 0.3) is 0 Å². The summed E-state index contributed by atoms with van der Waals surface area (Å²) in [4.78, 5) is 7.06. The van der Waals surface area contributed by atoms with Gasteiger partial charge in [0.1, 0.15) is 7.11 Å². The first kappa shape index (κ1) is 17.0. The maximum absolute atomic E-state index is 6.04. The number of nitrogens with two attached hydrogens (primary N) is 1. The molecule has 0 aromatic heterocycles. The Morgan fingerprint density at radius 3 is 2.50 bits per heavy atom. The normalized spacial score (nSPS) is 20.9. The average Bonchev–Trinajstić information content (AvgIpc) is 2.33. The first-order valence-electron chi connectivity index (χ1n) is 5.46. The largest absolute Gasteiger partial charge is 0.399 e. The van der Waals surface area contributed by atoms with E-state index >= 15 is 0 Å². The van der Waals surface area contributed by atoms with Gasteiger partial charge in [0.05, 0.1) is 11.8 Å². The molecule has 0 saturated carbocycles. The number of hydrogen-bond acceptors (Lipinski definition) is 4. The van der Waals surface area contributed by atoms with Gasteiger partial charge in [-0.2, -0.15) is 0 Å². The zero-order chi connectivity index (χ0) is 11.4. The Bertz CT molecular complexity index is 373. The summed E-state index contributed by atoms with van der Waals surface area (Å²) >= 11 is 0. The van der Waals surface area contributed by atoms with E-state index in [1.807, 2.05) is 18.2 Å². The molecule has 1 aromatic carbocycles. The molecule has 1 aliphatic rings. The van der Waals surface area contributed by atoms with Gasteiger partial charge in [-0.05, 0) is 12.1 Å². The van der Waals surface area contributed by atoms with E-state index < -0.39 is 0 Å². The molecule has 2 rings (SSSR count). The second-order valence-corrected chi connectivity index (χ2v) is 3.90. The molecule has 0 bridgehead atoms. The molecule has 0 radical (unpaired) electrons. The fraction of sp³-hybridized carbons (Fsp3) is 0.417. The van der Waals surface area contributed by atoms with E-state index in [2.05, 4.69) is 22.2 Å². The van der Waals surface area contributed by atoms with E-state index in [0.717, 1.165) is 25.2 Å². The highest BCUT2D eigenvalue weighted by atomic mass is 35.5. The zero-order valence-electron chi connectivity index (χ0n) is 10.3. The van der Waals surface area contributed by atoms with Crippen LogP contribution in [0.4, 0.5) is 5.69 Å². The minimum Gasteiger partial charge on any atom is -0.399 e. The SMILES string of the molecule is CON=C1CCN(c2ccccc2)CC1N.Cl.Cl. The lowest BCUT2D eigenvalue weighted by atomic mass is 10.0. The summed E-state index contributed by atoms with van der Waals surface area (Å²) < 4.78 is 0. The summed E-state index contributed by atoms with van der Waals surface area (Å²) in [5.74, 6) is 0. The molecule has 0 aliphatic carbocycles. The smallest absolute Gasteiger partial charge is 0.106 e. The van der Waals surface area contributed by atoms with E-state index in [1.165, 1.54) is 5.69 Å². The van der Waals surface area contributed by atoms with Crippen LogP contribution in [-0.4, -0.2) is 32.0 Å². The number of oxime groups is 1. The summed E-state index contributed by atoms with van der Waals surface area (Å²) in [5.41, 5.74) is 8.21. The fourth-order valence-electron chi connectivity index (χ4n) is 1.97. The third-order valence-corrected chi connectivity index (χ3v) is 2.81. The molecule has 18 heavy (non-hydrogen) atoms. The summed E-state index contributed by atoms with van der Waals surface area (Å²) in [6, 6.07) is 10.3. The number of anilines is 1. The van der Waals surface area contributed by atoms with Gasteiger partial charge in [0.25, 0.3) is 0 Å². The number of nitrogens with zero attached hydrogens (tertiary/aromatic N) is 2. The maximum atomic E-state index is 6.04. The average molecular weight is 292 g/mol. The zero-order valence-corrected chi connectivity index (χ0v) is 11.9. The van der Waals surface area contributed by atoms with Crippen molar-refractivity contribution in [2.24, 2.45) is 10.9 Å². The van der Waals surface area contributed by atoms with Crippen LogP contribution in [0.2, 0.25) is 0 Å². The van der Waals surface area contributed by atoms with Crippen LogP contribution in [-0.2, 0) is 4.84 Å². The lowest BCUT2D eigenvalue weighted by Gasteiger charge is -2.33.